The number of hydrogen-bond acceptors (Lipinski definition) is 8. The monoisotopic (exact) mass is 389 g/mol. The van der Waals surface area contributed by atoms with Crippen LogP contribution in [0.4, 0.5) is 0 Å². The van der Waals surface area contributed by atoms with E-state index >= 15 is 0 Å². The maximum atomic E-state index is 12.4. The molecule has 0 atom stereocenters. The summed E-state index contributed by atoms with van der Waals surface area (Å²) in [6, 6.07) is 6.42. The Hall–Kier alpha value is -2.78. The van der Waals surface area contributed by atoms with Crippen LogP contribution in [-0.4, -0.2) is 34.3 Å². The van der Waals surface area contributed by atoms with Crippen molar-refractivity contribution in [3.63, 3.8) is 0 Å². The lowest BCUT2D eigenvalue weighted by Gasteiger charge is -2.10. The average molecular weight is 389 g/mol. The van der Waals surface area contributed by atoms with E-state index in [0.29, 0.717) is 40.2 Å². The Bertz CT molecular complexity index is 1030. The lowest BCUT2D eigenvalue weighted by molar-refractivity contribution is 0.0471. The molecule has 0 N–H and O–H groups in total. The van der Waals surface area contributed by atoms with Crippen LogP contribution in [-0.2, 0) is 22.7 Å². The summed E-state index contributed by atoms with van der Waals surface area (Å²) in [5.74, 6) is 0.151. The molecule has 0 aliphatic carbocycles. The molecule has 0 saturated heterocycles. The van der Waals surface area contributed by atoms with Gasteiger partial charge in [0.05, 0.1) is 19.3 Å². The molecule has 0 spiro atoms. The number of nitrogens with zero attached hydrogens (tertiary/aromatic N) is 3. The second-order valence-electron chi connectivity index (χ2n) is 5.67. The fourth-order valence-corrected chi connectivity index (χ4v) is 3.32. The van der Waals surface area contributed by atoms with E-state index in [2.05, 4.69) is 10.1 Å². The molecule has 3 rings (SSSR count). The Morgan fingerprint density at radius 2 is 2.07 bits per heavy atom. The minimum atomic E-state index is -0.494. The topological polar surface area (TPSA) is 92.0 Å². The molecule has 2 heterocycles. The number of hydrogen-bond donors (Lipinski definition) is 0. The number of aromatic nitrogens is 3. The first-order valence-electron chi connectivity index (χ1n) is 8.30. The van der Waals surface area contributed by atoms with Crippen molar-refractivity contribution in [1.29, 1.82) is 0 Å². The van der Waals surface area contributed by atoms with Crippen LogP contribution in [0.25, 0.3) is 4.96 Å². The van der Waals surface area contributed by atoms with Gasteiger partial charge < -0.3 is 14.2 Å². The SMILES string of the molecule is CCOCc1cc(C(=O)OCc2nn3c(=O)cc(C)nc3s2)ccc1OC. The standard InChI is InChI=1S/C18H19N3O5S/c1-4-25-9-13-8-12(5-6-14(13)24-3)17(23)26-10-15-20-21-16(22)7-11(2)19-18(21)27-15/h5-8H,4,9-10H2,1-3H3. The maximum Gasteiger partial charge on any atom is 0.338 e. The van der Waals surface area contributed by atoms with Crippen LogP contribution in [0.5, 0.6) is 5.75 Å². The first-order valence-corrected chi connectivity index (χ1v) is 9.11. The van der Waals surface area contributed by atoms with Crippen LogP contribution >= 0.6 is 11.3 Å². The van der Waals surface area contributed by atoms with Gasteiger partial charge in [-0.05, 0) is 32.0 Å². The molecule has 1 aromatic carbocycles. The number of carbonyl (C=O) groups is 1. The van der Waals surface area contributed by atoms with Crippen LogP contribution in [0.3, 0.4) is 0 Å². The maximum absolute atomic E-state index is 12.4. The largest absolute Gasteiger partial charge is 0.496 e. The Labute approximate surface area is 159 Å². The van der Waals surface area contributed by atoms with Crippen molar-refractivity contribution in [3.05, 3.63) is 56.4 Å². The number of aryl methyl sites for hydroxylation is 1. The molecule has 0 aliphatic rings. The van der Waals surface area contributed by atoms with Crippen LogP contribution in [0, 0.1) is 6.92 Å². The van der Waals surface area contributed by atoms with Gasteiger partial charge in [0.15, 0.2) is 5.01 Å². The highest BCUT2D eigenvalue weighted by Crippen LogP contribution is 2.22. The van der Waals surface area contributed by atoms with Crippen LogP contribution in [0.15, 0.2) is 29.1 Å². The zero-order chi connectivity index (χ0) is 19.4. The lowest BCUT2D eigenvalue weighted by Crippen LogP contribution is -2.14. The predicted molar refractivity (Wildman–Crippen MR) is 99.3 cm³/mol. The van der Waals surface area contributed by atoms with Crippen molar-refractivity contribution in [2.24, 2.45) is 0 Å². The Morgan fingerprint density at radius 1 is 1.26 bits per heavy atom. The Morgan fingerprint density at radius 3 is 2.81 bits per heavy atom. The number of benzene rings is 1. The van der Waals surface area contributed by atoms with Crippen LogP contribution in [0.2, 0.25) is 0 Å². The third kappa shape index (κ3) is 4.32. The molecule has 142 valence electrons. The van der Waals surface area contributed by atoms with Crippen molar-refractivity contribution in [1.82, 2.24) is 14.6 Å². The van der Waals surface area contributed by atoms with Gasteiger partial charge in [0.25, 0.3) is 5.56 Å². The highest BCUT2D eigenvalue weighted by molar-refractivity contribution is 7.16. The number of rotatable bonds is 7. The van der Waals surface area contributed by atoms with Gasteiger partial charge in [-0.3, -0.25) is 4.79 Å². The highest BCUT2D eigenvalue weighted by Gasteiger charge is 2.14. The van der Waals surface area contributed by atoms with E-state index in [4.69, 9.17) is 14.2 Å². The molecule has 9 heteroatoms. The fraction of sp³-hybridized carbons (Fsp3) is 0.333. The van der Waals surface area contributed by atoms with Gasteiger partial charge in [0, 0.05) is 23.9 Å². The van der Waals surface area contributed by atoms with E-state index in [9.17, 15) is 9.59 Å². The minimum Gasteiger partial charge on any atom is -0.496 e. The minimum absolute atomic E-state index is 0.0435. The van der Waals surface area contributed by atoms with Gasteiger partial charge in [-0.25, -0.2) is 9.78 Å². The van der Waals surface area contributed by atoms with E-state index in [0.717, 1.165) is 5.56 Å². The quantitative estimate of drug-likeness (QED) is 0.573. The fourth-order valence-electron chi connectivity index (χ4n) is 2.46. The highest BCUT2D eigenvalue weighted by atomic mass is 32.1. The van der Waals surface area contributed by atoms with Gasteiger partial charge >= 0.3 is 5.97 Å². The van der Waals surface area contributed by atoms with E-state index < -0.39 is 5.97 Å². The van der Waals surface area contributed by atoms with E-state index in [-0.39, 0.29) is 12.2 Å². The zero-order valence-electron chi connectivity index (χ0n) is 15.2. The third-order valence-corrected chi connectivity index (χ3v) is 4.60. The smallest absolute Gasteiger partial charge is 0.338 e. The lowest BCUT2D eigenvalue weighted by atomic mass is 10.1. The summed E-state index contributed by atoms with van der Waals surface area (Å²) in [6.45, 7) is 4.49. The van der Waals surface area contributed by atoms with E-state index in [1.54, 1.807) is 32.2 Å². The molecule has 2 aromatic heterocycles. The number of carbonyl (C=O) groups excluding carboxylic acids is 1. The van der Waals surface area contributed by atoms with Crippen LogP contribution < -0.4 is 10.3 Å². The second-order valence-corrected chi connectivity index (χ2v) is 6.71. The molecule has 0 saturated carbocycles. The third-order valence-electron chi connectivity index (χ3n) is 3.72. The number of methoxy groups -OCH3 is 1. The van der Waals surface area contributed by atoms with Crippen LogP contribution in [0.1, 0.15) is 33.5 Å². The van der Waals surface area contributed by atoms with Gasteiger partial charge in [0.1, 0.15) is 12.4 Å². The molecule has 0 unspecified atom stereocenters. The molecule has 0 bridgehead atoms. The first kappa shape index (κ1) is 19.0. The summed E-state index contributed by atoms with van der Waals surface area (Å²) in [5.41, 5.74) is 1.51. The zero-order valence-corrected chi connectivity index (χ0v) is 16.0. The molecule has 0 amide bonds. The molecule has 8 nitrogen and oxygen atoms in total. The normalized spacial score (nSPS) is 10.9. The second kappa shape index (κ2) is 8.28. The molecule has 0 fully saturated rings. The number of fused-ring (bicyclic) bond motifs is 1. The average Bonchev–Trinajstić information content (AvgIpc) is 3.07. The molecule has 0 aliphatic heterocycles. The summed E-state index contributed by atoms with van der Waals surface area (Å²) in [5, 5.41) is 4.63. The summed E-state index contributed by atoms with van der Waals surface area (Å²) in [4.78, 5) is 29.0. The van der Waals surface area contributed by atoms with Crippen molar-refractivity contribution >= 4 is 22.3 Å². The van der Waals surface area contributed by atoms with Crippen molar-refractivity contribution in [2.75, 3.05) is 13.7 Å². The molecule has 3 aromatic rings. The number of ether oxygens (including phenoxy) is 3. The molecule has 27 heavy (non-hydrogen) atoms. The summed E-state index contributed by atoms with van der Waals surface area (Å²) >= 11 is 1.21. The van der Waals surface area contributed by atoms with Crippen molar-refractivity contribution in [2.45, 2.75) is 27.1 Å². The van der Waals surface area contributed by atoms with E-state index in [1.807, 2.05) is 6.92 Å². The number of esters is 1. The Kier molecular flexibility index (Phi) is 5.82. The predicted octanol–water partition coefficient (Wildman–Crippen LogP) is 2.36. The molecular weight excluding hydrogens is 370 g/mol. The summed E-state index contributed by atoms with van der Waals surface area (Å²) in [6.07, 6.45) is 0. The van der Waals surface area contributed by atoms with Crippen molar-refractivity contribution in [3.8, 4) is 5.75 Å². The summed E-state index contributed by atoms with van der Waals surface area (Å²) < 4.78 is 17.2. The first-order chi connectivity index (χ1) is 13.0. The molecular formula is C18H19N3O5S. The van der Waals surface area contributed by atoms with Crippen molar-refractivity contribution < 1.29 is 19.0 Å². The Balaban J connectivity index is 1.74. The van der Waals surface area contributed by atoms with Gasteiger partial charge in [-0.15, -0.1) is 0 Å². The van der Waals surface area contributed by atoms with Gasteiger partial charge in [-0.2, -0.15) is 9.61 Å². The molecule has 0 radical (unpaired) electrons. The summed E-state index contributed by atoms with van der Waals surface area (Å²) in [7, 11) is 1.56. The van der Waals surface area contributed by atoms with Gasteiger partial charge in [0.2, 0.25) is 4.96 Å². The van der Waals surface area contributed by atoms with Gasteiger partial charge in [-0.1, -0.05) is 11.3 Å². The van der Waals surface area contributed by atoms with E-state index in [1.165, 1.54) is 21.9 Å².